The fraction of sp³-hybridized carbons (Fsp3) is 0.440. The largest absolute Gasteiger partial charge is 0.450 e. The summed E-state index contributed by atoms with van der Waals surface area (Å²) in [6, 6.07) is 11.3. The number of rotatable bonds is 7. The molecule has 1 atom stereocenters. The number of pyridine rings is 1. The molecule has 8 heteroatoms. The second kappa shape index (κ2) is 9.21. The van der Waals surface area contributed by atoms with Crippen LogP contribution in [0.25, 0.3) is 11.0 Å². The average molecular weight is 449 g/mol. The maximum absolute atomic E-state index is 13.4. The van der Waals surface area contributed by atoms with Crippen LogP contribution in [0.4, 0.5) is 4.79 Å². The number of esters is 1. The van der Waals surface area contributed by atoms with Crippen molar-refractivity contribution in [3.63, 3.8) is 0 Å². The Morgan fingerprint density at radius 3 is 2.55 bits per heavy atom. The van der Waals surface area contributed by atoms with Gasteiger partial charge in [-0.15, -0.1) is 0 Å². The smallest absolute Gasteiger partial charge is 0.404 e. The second-order valence-corrected chi connectivity index (χ2v) is 8.92. The van der Waals surface area contributed by atoms with Gasteiger partial charge in [-0.3, -0.25) is 0 Å². The third-order valence-corrected chi connectivity index (χ3v) is 6.52. The van der Waals surface area contributed by atoms with Crippen LogP contribution in [0.3, 0.4) is 0 Å². The summed E-state index contributed by atoms with van der Waals surface area (Å²) in [5.41, 5.74) is 7.98. The summed E-state index contributed by atoms with van der Waals surface area (Å²) in [5, 5.41) is 5.33. The zero-order valence-corrected chi connectivity index (χ0v) is 18.5. The molecule has 2 aliphatic carbocycles. The molecular formula is C25H28N4O4. The van der Waals surface area contributed by atoms with Crippen molar-refractivity contribution in [2.24, 2.45) is 5.73 Å². The number of ether oxygens (including phenoxy) is 2. The molecule has 2 N–H and O–H groups in total. The molecule has 2 saturated carbocycles. The van der Waals surface area contributed by atoms with E-state index in [1.54, 1.807) is 6.20 Å². The van der Waals surface area contributed by atoms with E-state index in [2.05, 4.69) is 5.10 Å². The van der Waals surface area contributed by atoms with Crippen LogP contribution in [0.1, 0.15) is 84.6 Å². The molecule has 2 aliphatic rings. The first-order valence-corrected chi connectivity index (χ1v) is 11.7. The molecule has 0 radical (unpaired) electrons. The standard InChI is InChI=1S/C25H28N4O4/c26-25(31)32-15-22(17-7-3-1-4-8-17)33-24(30)19-13-21(16-11-12-16)28-23-20(19)14-27-29(23)18-9-5-2-6-10-18/h1,3-4,7-8,13-14,16,18,22H,2,5-6,9-12,15H2,(H2,26,31). The number of amides is 1. The highest BCUT2D eigenvalue weighted by molar-refractivity contribution is 6.02. The van der Waals surface area contributed by atoms with Crippen molar-refractivity contribution < 1.29 is 19.1 Å². The first-order chi connectivity index (χ1) is 16.1. The van der Waals surface area contributed by atoms with Crippen LogP contribution in [0.2, 0.25) is 0 Å². The van der Waals surface area contributed by atoms with Crippen molar-refractivity contribution in [2.75, 3.05) is 6.61 Å². The van der Waals surface area contributed by atoms with E-state index in [4.69, 9.17) is 20.2 Å². The van der Waals surface area contributed by atoms with Gasteiger partial charge in [-0.05, 0) is 37.3 Å². The van der Waals surface area contributed by atoms with Gasteiger partial charge in [-0.1, -0.05) is 49.6 Å². The summed E-state index contributed by atoms with van der Waals surface area (Å²) in [6.07, 6.45) is 7.95. The monoisotopic (exact) mass is 448 g/mol. The lowest BCUT2D eigenvalue weighted by Gasteiger charge is -2.22. The fourth-order valence-electron chi connectivity index (χ4n) is 4.60. The van der Waals surface area contributed by atoms with Crippen LogP contribution < -0.4 is 5.73 Å². The number of nitrogens with two attached hydrogens (primary N) is 1. The summed E-state index contributed by atoms with van der Waals surface area (Å²) in [4.78, 5) is 29.5. The van der Waals surface area contributed by atoms with Crippen LogP contribution in [-0.2, 0) is 9.47 Å². The molecule has 0 saturated heterocycles. The normalized spacial score (nSPS) is 17.6. The Labute approximate surface area is 192 Å². The molecule has 5 rings (SSSR count). The van der Waals surface area contributed by atoms with Crippen molar-refractivity contribution in [3.05, 3.63) is 59.4 Å². The summed E-state index contributed by atoms with van der Waals surface area (Å²) < 4.78 is 12.8. The third kappa shape index (κ3) is 4.69. The van der Waals surface area contributed by atoms with Crippen LogP contribution in [0.5, 0.6) is 0 Å². The molecule has 1 aromatic carbocycles. The number of aromatic nitrogens is 3. The van der Waals surface area contributed by atoms with E-state index in [-0.39, 0.29) is 6.61 Å². The summed E-state index contributed by atoms with van der Waals surface area (Å²) in [6.45, 7) is -0.157. The van der Waals surface area contributed by atoms with E-state index in [9.17, 15) is 9.59 Å². The number of benzene rings is 1. The maximum Gasteiger partial charge on any atom is 0.404 e. The minimum Gasteiger partial charge on any atom is -0.450 e. The Hall–Kier alpha value is -3.42. The maximum atomic E-state index is 13.4. The minimum absolute atomic E-state index is 0.157. The quantitative estimate of drug-likeness (QED) is 0.520. The Bertz CT molecular complexity index is 1150. The summed E-state index contributed by atoms with van der Waals surface area (Å²) in [7, 11) is 0. The van der Waals surface area contributed by atoms with Gasteiger partial charge in [0.15, 0.2) is 11.8 Å². The first kappa shape index (κ1) is 21.4. The first-order valence-electron chi connectivity index (χ1n) is 11.7. The molecule has 8 nitrogen and oxygen atoms in total. The molecule has 172 valence electrons. The summed E-state index contributed by atoms with van der Waals surface area (Å²) in [5.74, 6) is -0.117. The second-order valence-electron chi connectivity index (χ2n) is 8.92. The molecule has 2 aromatic heterocycles. The Kier molecular flexibility index (Phi) is 5.98. The van der Waals surface area contributed by atoms with Gasteiger partial charge in [-0.25, -0.2) is 19.3 Å². The molecule has 1 unspecified atom stereocenters. The topological polar surface area (TPSA) is 109 Å². The van der Waals surface area contributed by atoms with Gasteiger partial charge in [0, 0.05) is 11.6 Å². The van der Waals surface area contributed by atoms with Crippen molar-refractivity contribution in [3.8, 4) is 0 Å². The Morgan fingerprint density at radius 2 is 1.85 bits per heavy atom. The average Bonchev–Trinajstić information content (AvgIpc) is 3.61. The van der Waals surface area contributed by atoms with E-state index in [0.717, 1.165) is 42.6 Å². The fourth-order valence-corrected chi connectivity index (χ4v) is 4.60. The minimum atomic E-state index is -0.914. The van der Waals surface area contributed by atoms with Crippen molar-refractivity contribution >= 4 is 23.1 Å². The van der Waals surface area contributed by atoms with Gasteiger partial charge in [0.25, 0.3) is 0 Å². The SMILES string of the molecule is NC(=O)OCC(OC(=O)c1cc(C2CC2)nc2c1cnn2C1CCCCC1)c1ccccc1. The van der Waals surface area contributed by atoms with Crippen molar-refractivity contribution in [1.29, 1.82) is 0 Å². The van der Waals surface area contributed by atoms with Crippen LogP contribution in [-0.4, -0.2) is 33.4 Å². The number of fused-ring (bicyclic) bond motifs is 1. The van der Waals surface area contributed by atoms with Gasteiger partial charge >= 0.3 is 12.1 Å². The molecule has 2 heterocycles. The Balaban J connectivity index is 1.49. The van der Waals surface area contributed by atoms with Crippen LogP contribution in [0.15, 0.2) is 42.6 Å². The number of hydrogen-bond acceptors (Lipinski definition) is 6. The predicted molar refractivity (Wildman–Crippen MR) is 122 cm³/mol. The van der Waals surface area contributed by atoms with E-state index < -0.39 is 18.2 Å². The highest BCUT2D eigenvalue weighted by atomic mass is 16.6. The van der Waals surface area contributed by atoms with Gasteiger partial charge < -0.3 is 15.2 Å². The van der Waals surface area contributed by atoms with E-state index in [0.29, 0.717) is 22.9 Å². The van der Waals surface area contributed by atoms with Gasteiger partial charge in [0.05, 0.1) is 23.2 Å². The zero-order valence-electron chi connectivity index (χ0n) is 18.5. The lowest BCUT2D eigenvalue weighted by molar-refractivity contribution is 0.00994. The molecule has 1 amide bonds. The van der Waals surface area contributed by atoms with Gasteiger partial charge in [-0.2, -0.15) is 5.10 Å². The molecule has 2 fully saturated rings. The van der Waals surface area contributed by atoms with Gasteiger partial charge in [0.2, 0.25) is 0 Å². The highest BCUT2D eigenvalue weighted by Gasteiger charge is 2.30. The van der Waals surface area contributed by atoms with E-state index in [1.165, 1.54) is 19.3 Å². The third-order valence-electron chi connectivity index (χ3n) is 6.52. The number of carbonyl (C=O) groups excluding carboxylic acids is 2. The lowest BCUT2D eigenvalue weighted by Crippen LogP contribution is -2.22. The number of primary amides is 1. The van der Waals surface area contributed by atoms with Crippen LogP contribution in [0, 0.1) is 0 Å². The van der Waals surface area contributed by atoms with E-state index in [1.807, 2.05) is 41.1 Å². The van der Waals surface area contributed by atoms with E-state index >= 15 is 0 Å². The molecule has 0 aliphatic heterocycles. The summed E-state index contributed by atoms with van der Waals surface area (Å²) >= 11 is 0. The highest BCUT2D eigenvalue weighted by Crippen LogP contribution is 2.41. The Morgan fingerprint density at radius 1 is 1.09 bits per heavy atom. The number of carbonyl (C=O) groups is 2. The number of hydrogen-bond donors (Lipinski definition) is 1. The molecular weight excluding hydrogens is 420 g/mol. The molecule has 3 aromatic rings. The van der Waals surface area contributed by atoms with Gasteiger partial charge in [0.1, 0.15) is 6.61 Å². The molecule has 0 spiro atoms. The van der Waals surface area contributed by atoms with Crippen LogP contribution >= 0.6 is 0 Å². The van der Waals surface area contributed by atoms with Crippen molar-refractivity contribution in [2.45, 2.75) is 63.0 Å². The lowest BCUT2D eigenvalue weighted by atomic mass is 9.95. The zero-order chi connectivity index (χ0) is 22.8. The number of nitrogens with zero attached hydrogens (tertiary/aromatic N) is 3. The predicted octanol–water partition coefficient (Wildman–Crippen LogP) is 4.81. The molecule has 0 bridgehead atoms. The van der Waals surface area contributed by atoms with Crippen molar-refractivity contribution in [1.82, 2.24) is 14.8 Å². The molecule has 33 heavy (non-hydrogen) atoms.